The Bertz CT molecular complexity index is 249. The lowest BCUT2D eigenvalue weighted by molar-refractivity contribution is -0.152. The zero-order chi connectivity index (χ0) is 12.4. The van der Waals surface area contributed by atoms with Gasteiger partial charge < -0.3 is 15.1 Å². The molecule has 0 unspecified atom stereocenters. The van der Waals surface area contributed by atoms with Crippen molar-refractivity contribution in [2.24, 2.45) is 5.41 Å². The van der Waals surface area contributed by atoms with Gasteiger partial charge in [0.2, 0.25) is 0 Å². The zero-order valence-electron chi connectivity index (χ0n) is 10.5. The van der Waals surface area contributed by atoms with E-state index in [4.69, 9.17) is 0 Å². The molecule has 94 valence electrons. The summed E-state index contributed by atoms with van der Waals surface area (Å²) in [7, 11) is 0. The summed E-state index contributed by atoms with van der Waals surface area (Å²) in [6, 6.07) is 0. The number of aliphatic hydroxyl groups is 1. The predicted molar refractivity (Wildman–Crippen MR) is 62.3 cm³/mol. The molecule has 0 saturated carbocycles. The fourth-order valence-electron chi connectivity index (χ4n) is 2.41. The van der Waals surface area contributed by atoms with Crippen molar-refractivity contribution >= 4 is 5.97 Å². The van der Waals surface area contributed by atoms with Crippen LogP contribution in [0.2, 0.25) is 0 Å². The Morgan fingerprint density at radius 2 is 1.88 bits per heavy atom. The van der Waals surface area contributed by atoms with E-state index in [0.717, 1.165) is 13.1 Å². The monoisotopic (exact) mass is 229 g/mol. The summed E-state index contributed by atoms with van der Waals surface area (Å²) in [6.45, 7) is 7.66. The SMILES string of the molecule is CCC1(C(=O)O)CCN(CC(C)(C)O)CC1. The van der Waals surface area contributed by atoms with Gasteiger partial charge in [-0.2, -0.15) is 0 Å². The first kappa shape index (κ1) is 13.5. The Labute approximate surface area is 97.3 Å². The molecule has 4 nitrogen and oxygen atoms in total. The Kier molecular flexibility index (Phi) is 3.97. The highest BCUT2D eigenvalue weighted by molar-refractivity contribution is 5.74. The second-order valence-corrected chi connectivity index (χ2v) is 5.53. The number of β-amino-alcohol motifs (C(OH)–C–C–N with tert-alkyl or cyclic N) is 1. The summed E-state index contributed by atoms with van der Waals surface area (Å²) < 4.78 is 0. The molecule has 2 N–H and O–H groups in total. The average molecular weight is 229 g/mol. The molecule has 0 aromatic heterocycles. The van der Waals surface area contributed by atoms with E-state index in [1.165, 1.54) is 0 Å². The van der Waals surface area contributed by atoms with E-state index in [0.29, 0.717) is 25.8 Å². The van der Waals surface area contributed by atoms with Gasteiger partial charge in [-0.05, 0) is 46.2 Å². The molecule has 0 radical (unpaired) electrons. The summed E-state index contributed by atoms with van der Waals surface area (Å²) in [5.41, 5.74) is -1.23. The van der Waals surface area contributed by atoms with Crippen LogP contribution in [0.25, 0.3) is 0 Å². The van der Waals surface area contributed by atoms with Crippen molar-refractivity contribution in [3.63, 3.8) is 0 Å². The molecule has 1 fully saturated rings. The smallest absolute Gasteiger partial charge is 0.309 e. The predicted octanol–water partition coefficient (Wildman–Crippen LogP) is 1.33. The van der Waals surface area contributed by atoms with E-state index in [1.54, 1.807) is 13.8 Å². The molecule has 0 aromatic rings. The summed E-state index contributed by atoms with van der Waals surface area (Å²) in [5, 5.41) is 18.9. The highest BCUT2D eigenvalue weighted by Crippen LogP contribution is 2.35. The lowest BCUT2D eigenvalue weighted by atomic mass is 9.76. The number of likely N-dealkylation sites (tertiary alicyclic amines) is 1. The van der Waals surface area contributed by atoms with Crippen molar-refractivity contribution in [1.29, 1.82) is 0 Å². The number of piperidine rings is 1. The first-order valence-corrected chi connectivity index (χ1v) is 5.97. The van der Waals surface area contributed by atoms with Gasteiger partial charge in [-0.15, -0.1) is 0 Å². The second-order valence-electron chi connectivity index (χ2n) is 5.53. The fourth-order valence-corrected chi connectivity index (χ4v) is 2.41. The maximum Gasteiger partial charge on any atom is 0.309 e. The van der Waals surface area contributed by atoms with Crippen LogP contribution in [0, 0.1) is 5.41 Å². The second kappa shape index (κ2) is 4.72. The van der Waals surface area contributed by atoms with Gasteiger partial charge in [-0.25, -0.2) is 0 Å². The summed E-state index contributed by atoms with van der Waals surface area (Å²) >= 11 is 0. The lowest BCUT2D eigenvalue weighted by Gasteiger charge is -2.40. The first-order chi connectivity index (χ1) is 7.29. The van der Waals surface area contributed by atoms with Gasteiger partial charge in [0.05, 0.1) is 11.0 Å². The fraction of sp³-hybridized carbons (Fsp3) is 0.917. The van der Waals surface area contributed by atoms with Crippen molar-refractivity contribution < 1.29 is 15.0 Å². The molecule has 0 aromatic carbocycles. The number of carboxylic acids is 1. The third-order valence-corrected chi connectivity index (χ3v) is 3.55. The molecule has 0 bridgehead atoms. The maximum atomic E-state index is 11.2. The van der Waals surface area contributed by atoms with Gasteiger partial charge in [0.1, 0.15) is 0 Å². The summed E-state index contributed by atoms with van der Waals surface area (Å²) in [4.78, 5) is 13.4. The van der Waals surface area contributed by atoms with Crippen molar-refractivity contribution in [1.82, 2.24) is 4.90 Å². The van der Waals surface area contributed by atoms with Gasteiger partial charge in [0.25, 0.3) is 0 Å². The largest absolute Gasteiger partial charge is 0.481 e. The van der Waals surface area contributed by atoms with Crippen LogP contribution in [-0.2, 0) is 4.79 Å². The number of carbonyl (C=O) groups is 1. The van der Waals surface area contributed by atoms with Gasteiger partial charge in [0, 0.05) is 6.54 Å². The number of hydrogen-bond donors (Lipinski definition) is 2. The number of nitrogens with zero attached hydrogens (tertiary/aromatic N) is 1. The van der Waals surface area contributed by atoms with Crippen LogP contribution in [0.1, 0.15) is 40.0 Å². The molecule has 0 aliphatic carbocycles. The average Bonchev–Trinajstić information content (AvgIpc) is 2.16. The van der Waals surface area contributed by atoms with Crippen molar-refractivity contribution in [3.8, 4) is 0 Å². The Balaban J connectivity index is 2.53. The van der Waals surface area contributed by atoms with Crippen LogP contribution in [0.4, 0.5) is 0 Å². The molecule has 1 heterocycles. The highest BCUT2D eigenvalue weighted by Gasteiger charge is 2.40. The van der Waals surface area contributed by atoms with Crippen molar-refractivity contribution in [3.05, 3.63) is 0 Å². The van der Waals surface area contributed by atoms with Crippen molar-refractivity contribution in [2.45, 2.75) is 45.6 Å². The third-order valence-electron chi connectivity index (χ3n) is 3.55. The van der Waals surface area contributed by atoms with Crippen molar-refractivity contribution in [2.75, 3.05) is 19.6 Å². The van der Waals surface area contributed by atoms with Gasteiger partial charge in [-0.3, -0.25) is 4.79 Å². The number of rotatable bonds is 4. The Morgan fingerprint density at radius 1 is 1.38 bits per heavy atom. The van der Waals surface area contributed by atoms with Crippen LogP contribution in [0.5, 0.6) is 0 Å². The zero-order valence-corrected chi connectivity index (χ0v) is 10.5. The minimum absolute atomic E-state index is 0.532. The molecule has 1 aliphatic heterocycles. The van der Waals surface area contributed by atoms with E-state index in [-0.39, 0.29) is 0 Å². The standard InChI is InChI=1S/C12H23NO3/c1-4-12(10(14)15)5-7-13(8-6-12)9-11(2,3)16/h16H,4-9H2,1-3H3,(H,14,15). The van der Waals surface area contributed by atoms with Crippen LogP contribution in [0.15, 0.2) is 0 Å². The van der Waals surface area contributed by atoms with E-state index in [1.807, 2.05) is 6.92 Å². The highest BCUT2D eigenvalue weighted by atomic mass is 16.4. The maximum absolute atomic E-state index is 11.2. The quantitative estimate of drug-likeness (QED) is 0.763. The number of carboxylic acid groups (broad SMARTS) is 1. The topological polar surface area (TPSA) is 60.8 Å². The molecule has 4 heteroatoms. The molecule has 16 heavy (non-hydrogen) atoms. The molecular weight excluding hydrogens is 206 g/mol. The minimum atomic E-state index is -0.699. The number of hydrogen-bond acceptors (Lipinski definition) is 3. The van der Waals surface area contributed by atoms with Gasteiger partial charge >= 0.3 is 5.97 Å². The molecule has 1 aliphatic rings. The van der Waals surface area contributed by atoms with Crippen LogP contribution in [0.3, 0.4) is 0 Å². The van der Waals surface area contributed by atoms with E-state index < -0.39 is 17.0 Å². The summed E-state index contributed by atoms with van der Waals surface area (Å²) in [6.07, 6.45) is 2.07. The molecule has 1 rings (SSSR count). The van der Waals surface area contributed by atoms with E-state index in [9.17, 15) is 15.0 Å². The first-order valence-electron chi connectivity index (χ1n) is 5.97. The van der Waals surface area contributed by atoms with Gasteiger partial charge in [-0.1, -0.05) is 6.92 Å². The van der Waals surface area contributed by atoms with Crippen LogP contribution >= 0.6 is 0 Å². The Hall–Kier alpha value is -0.610. The molecule has 0 amide bonds. The molecule has 0 spiro atoms. The normalized spacial score (nSPS) is 22.0. The van der Waals surface area contributed by atoms with Crippen LogP contribution < -0.4 is 0 Å². The van der Waals surface area contributed by atoms with E-state index >= 15 is 0 Å². The molecule has 1 saturated heterocycles. The lowest BCUT2D eigenvalue weighted by Crippen LogP contribution is -2.48. The molecule has 0 atom stereocenters. The van der Waals surface area contributed by atoms with E-state index in [2.05, 4.69) is 4.90 Å². The van der Waals surface area contributed by atoms with Gasteiger partial charge in [0.15, 0.2) is 0 Å². The van der Waals surface area contributed by atoms with Crippen LogP contribution in [-0.4, -0.2) is 46.3 Å². The summed E-state index contributed by atoms with van der Waals surface area (Å²) in [5.74, 6) is -0.669. The number of aliphatic carboxylic acids is 1. The third kappa shape index (κ3) is 3.19. The molecular formula is C12H23NO3. The minimum Gasteiger partial charge on any atom is -0.481 e. The Morgan fingerprint density at radius 3 is 2.19 bits per heavy atom.